The fraction of sp³-hybridized carbons (Fsp3) is 0.409. The molecule has 1 aliphatic heterocycles. The zero-order valence-electron chi connectivity index (χ0n) is 16.4. The average molecular weight is 370 g/mol. The maximum absolute atomic E-state index is 14.4. The van der Waals surface area contributed by atoms with Crippen LogP contribution in [0.4, 0.5) is 10.1 Å². The van der Waals surface area contributed by atoms with Crippen LogP contribution in [0, 0.1) is 5.82 Å². The molecule has 1 aliphatic rings. The summed E-state index contributed by atoms with van der Waals surface area (Å²) < 4.78 is 19.6. The van der Waals surface area contributed by atoms with Gasteiger partial charge in [-0.05, 0) is 46.2 Å². The molecule has 144 valence electrons. The molecule has 0 aromatic heterocycles. The van der Waals surface area contributed by atoms with Gasteiger partial charge in [0, 0.05) is 19.3 Å². The highest BCUT2D eigenvalue weighted by molar-refractivity contribution is 5.96. The Hall–Kier alpha value is -2.24. The fourth-order valence-corrected chi connectivity index (χ4v) is 3.52. The van der Waals surface area contributed by atoms with Gasteiger partial charge in [0.05, 0.1) is 6.61 Å². The Kier molecular flexibility index (Phi) is 5.63. The van der Waals surface area contributed by atoms with Crippen molar-refractivity contribution in [1.82, 2.24) is 5.32 Å². The van der Waals surface area contributed by atoms with Gasteiger partial charge >= 0.3 is 0 Å². The summed E-state index contributed by atoms with van der Waals surface area (Å²) in [4.78, 5) is 12.8. The molecule has 5 heteroatoms. The number of hydrogen-bond donors (Lipinski definition) is 2. The molecule has 2 aromatic carbocycles. The largest absolute Gasteiger partial charge is 0.380 e. The lowest BCUT2D eigenvalue weighted by Crippen LogP contribution is -2.38. The second-order valence-corrected chi connectivity index (χ2v) is 8.04. The first-order valence-corrected chi connectivity index (χ1v) is 9.24. The molecule has 2 aromatic rings. The summed E-state index contributed by atoms with van der Waals surface area (Å²) in [5.74, 6) is -0.486. The third-order valence-electron chi connectivity index (χ3n) is 4.88. The minimum atomic E-state index is -0.448. The number of nitrogens with one attached hydrogen (secondary N) is 2. The van der Waals surface area contributed by atoms with Crippen LogP contribution in [-0.4, -0.2) is 19.6 Å². The van der Waals surface area contributed by atoms with E-state index >= 15 is 0 Å². The molecule has 0 saturated carbocycles. The normalized spacial score (nSPS) is 16.7. The summed E-state index contributed by atoms with van der Waals surface area (Å²) in [6, 6.07) is 10.5. The molecule has 0 aliphatic carbocycles. The summed E-state index contributed by atoms with van der Waals surface area (Å²) in [6.45, 7) is 7.16. The van der Waals surface area contributed by atoms with Gasteiger partial charge in [0.25, 0.3) is 0 Å². The molecule has 3 rings (SSSR count). The van der Waals surface area contributed by atoms with Gasteiger partial charge in [-0.15, -0.1) is 0 Å². The van der Waals surface area contributed by atoms with Crippen molar-refractivity contribution in [2.24, 2.45) is 0 Å². The van der Waals surface area contributed by atoms with E-state index in [1.54, 1.807) is 19.2 Å². The first-order chi connectivity index (χ1) is 12.8. The van der Waals surface area contributed by atoms with Crippen molar-refractivity contribution in [2.75, 3.05) is 19.0 Å². The van der Waals surface area contributed by atoms with Gasteiger partial charge in [0.2, 0.25) is 5.91 Å². The molecule has 0 unspecified atom stereocenters. The zero-order chi connectivity index (χ0) is 19.6. The van der Waals surface area contributed by atoms with Crippen LogP contribution in [0.3, 0.4) is 0 Å². The molecule has 2 N–H and O–H groups in total. The SMILES string of the molecule is COCc1ccc2c(c1)CCN[C@H]2C(=O)Nc1ccc(C(C)(C)C)c(F)c1. The van der Waals surface area contributed by atoms with Crippen LogP contribution in [0.2, 0.25) is 0 Å². The van der Waals surface area contributed by atoms with E-state index < -0.39 is 6.04 Å². The van der Waals surface area contributed by atoms with E-state index in [0.717, 1.165) is 29.7 Å². The Morgan fingerprint density at radius 2 is 2.04 bits per heavy atom. The monoisotopic (exact) mass is 370 g/mol. The van der Waals surface area contributed by atoms with Crippen molar-refractivity contribution in [3.05, 3.63) is 64.5 Å². The number of fused-ring (bicyclic) bond motifs is 1. The Morgan fingerprint density at radius 1 is 1.26 bits per heavy atom. The van der Waals surface area contributed by atoms with Crippen LogP contribution in [0.5, 0.6) is 0 Å². The maximum Gasteiger partial charge on any atom is 0.246 e. The molecule has 1 amide bonds. The maximum atomic E-state index is 14.4. The lowest BCUT2D eigenvalue weighted by atomic mass is 9.86. The van der Waals surface area contributed by atoms with Crippen molar-refractivity contribution in [3.63, 3.8) is 0 Å². The first-order valence-electron chi connectivity index (χ1n) is 9.24. The highest BCUT2D eigenvalue weighted by Gasteiger charge is 2.27. The number of carbonyl (C=O) groups is 1. The fourth-order valence-electron chi connectivity index (χ4n) is 3.52. The van der Waals surface area contributed by atoms with Crippen molar-refractivity contribution >= 4 is 11.6 Å². The molecule has 0 spiro atoms. The smallest absolute Gasteiger partial charge is 0.246 e. The van der Waals surface area contributed by atoms with E-state index in [1.165, 1.54) is 6.07 Å². The van der Waals surface area contributed by atoms with Gasteiger partial charge in [0.1, 0.15) is 11.9 Å². The topological polar surface area (TPSA) is 50.4 Å². The molecule has 0 bridgehead atoms. The van der Waals surface area contributed by atoms with E-state index in [9.17, 15) is 9.18 Å². The predicted molar refractivity (Wildman–Crippen MR) is 105 cm³/mol. The van der Waals surface area contributed by atoms with Crippen molar-refractivity contribution in [3.8, 4) is 0 Å². The molecule has 4 nitrogen and oxygen atoms in total. The van der Waals surface area contributed by atoms with E-state index in [1.807, 2.05) is 32.9 Å². The minimum absolute atomic E-state index is 0.182. The number of benzene rings is 2. The van der Waals surface area contributed by atoms with Gasteiger partial charge in [-0.1, -0.05) is 45.0 Å². The number of anilines is 1. The number of amides is 1. The minimum Gasteiger partial charge on any atom is -0.380 e. The summed E-state index contributed by atoms with van der Waals surface area (Å²) in [6.07, 6.45) is 0.867. The Morgan fingerprint density at radius 3 is 2.70 bits per heavy atom. The van der Waals surface area contributed by atoms with E-state index in [2.05, 4.69) is 16.7 Å². The number of carbonyl (C=O) groups excluding carboxylic acids is 1. The van der Waals surface area contributed by atoms with E-state index in [4.69, 9.17) is 4.74 Å². The zero-order valence-corrected chi connectivity index (χ0v) is 16.4. The molecule has 1 atom stereocenters. The van der Waals surface area contributed by atoms with E-state index in [-0.39, 0.29) is 17.1 Å². The highest BCUT2D eigenvalue weighted by atomic mass is 19.1. The molecule has 0 saturated heterocycles. The summed E-state index contributed by atoms with van der Waals surface area (Å²) in [5.41, 5.74) is 4.03. The van der Waals surface area contributed by atoms with Crippen LogP contribution < -0.4 is 10.6 Å². The number of hydrogen-bond acceptors (Lipinski definition) is 3. The predicted octanol–water partition coefficient (Wildman–Crippen LogP) is 4.10. The summed E-state index contributed by atoms with van der Waals surface area (Å²) >= 11 is 0. The van der Waals surface area contributed by atoms with Gasteiger partial charge in [-0.25, -0.2) is 4.39 Å². The van der Waals surface area contributed by atoms with Crippen LogP contribution >= 0.6 is 0 Å². The lowest BCUT2D eigenvalue weighted by molar-refractivity contribution is -0.118. The van der Waals surface area contributed by atoms with Crippen LogP contribution in [-0.2, 0) is 28.0 Å². The number of ether oxygens (including phenoxy) is 1. The van der Waals surface area contributed by atoms with Crippen molar-refractivity contribution < 1.29 is 13.9 Å². The third kappa shape index (κ3) is 4.37. The third-order valence-corrected chi connectivity index (χ3v) is 4.88. The summed E-state index contributed by atoms with van der Waals surface area (Å²) in [7, 11) is 1.67. The van der Waals surface area contributed by atoms with Crippen molar-refractivity contribution in [1.29, 1.82) is 0 Å². The molecule has 1 heterocycles. The van der Waals surface area contributed by atoms with Gasteiger partial charge in [0.15, 0.2) is 0 Å². The van der Waals surface area contributed by atoms with Gasteiger partial charge < -0.3 is 15.4 Å². The second-order valence-electron chi connectivity index (χ2n) is 8.04. The Labute approximate surface area is 160 Å². The molecular weight excluding hydrogens is 343 g/mol. The van der Waals surface area contributed by atoms with Crippen molar-refractivity contribution in [2.45, 2.75) is 45.3 Å². The molecule has 0 radical (unpaired) electrons. The first kappa shape index (κ1) is 19.5. The second kappa shape index (κ2) is 7.79. The van der Waals surface area contributed by atoms with Crippen LogP contribution in [0.1, 0.15) is 49.1 Å². The standard InChI is InChI=1S/C22H27FN2O2/c1-22(2,3)18-8-6-16(12-19(18)23)25-21(26)20-17-7-5-14(13-27-4)11-15(17)9-10-24-20/h5-8,11-12,20,24H,9-10,13H2,1-4H3,(H,25,26)/t20-/m1/s1. The molecule has 0 fully saturated rings. The van der Waals surface area contributed by atoms with Crippen LogP contribution in [0.25, 0.3) is 0 Å². The van der Waals surface area contributed by atoms with E-state index in [0.29, 0.717) is 17.9 Å². The van der Waals surface area contributed by atoms with Gasteiger partial charge in [-0.2, -0.15) is 0 Å². The number of rotatable bonds is 4. The Bertz CT molecular complexity index is 843. The summed E-state index contributed by atoms with van der Waals surface area (Å²) in [5, 5.41) is 6.11. The van der Waals surface area contributed by atoms with Crippen LogP contribution in [0.15, 0.2) is 36.4 Å². The highest BCUT2D eigenvalue weighted by Crippen LogP contribution is 2.29. The molecule has 27 heavy (non-hydrogen) atoms. The lowest BCUT2D eigenvalue weighted by Gasteiger charge is -2.27. The Balaban J connectivity index is 1.79. The molecular formula is C22H27FN2O2. The quantitative estimate of drug-likeness (QED) is 0.852. The van der Waals surface area contributed by atoms with Gasteiger partial charge in [-0.3, -0.25) is 4.79 Å². The number of halogens is 1. The average Bonchev–Trinajstić information content (AvgIpc) is 2.60. The number of methoxy groups -OCH3 is 1.